The molecule has 0 saturated carbocycles. The summed E-state index contributed by atoms with van der Waals surface area (Å²) < 4.78 is 0. The number of fused-ring (bicyclic) bond motifs is 1. The van der Waals surface area contributed by atoms with Gasteiger partial charge in [-0.2, -0.15) is 0 Å². The molecule has 4 aromatic rings. The van der Waals surface area contributed by atoms with Gasteiger partial charge in [0.05, 0.1) is 17.8 Å². The molecule has 2 heterocycles. The standard InChI is InChI=1S/C22H19N5O2/c23-22-26-18-10-9-17(15-7-4-8-16(13-15)21(29)24-11-12-28)25-20(18)19(27-22)14-5-2-1-3-6-14/h1-10,13,28H,11-12H2,(H,24,29)(H2,23,26,27). The van der Waals surface area contributed by atoms with Crippen molar-refractivity contribution in [2.24, 2.45) is 0 Å². The van der Waals surface area contributed by atoms with Crippen molar-refractivity contribution in [3.63, 3.8) is 0 Å². The van der Waals surface area contributed by atoms with E-state index in [2.05, 4.69) is 15.3 Å². The molecule has 0 aliphatic carbocycles. The second-order valence-corrected chi connectivity index (χ2v) is 6.42. The molecule has 2 aromatic carbocycles. The number of hydrogen-bond donors (Lipinski definition) is 3. The van der Waals surface area contributed by atoms with Gasteiger partial charge in [-0.3, -0.25) is 4.79 Å². The SMILES string of the molecule is Nc1nc(-c2ccccc2)c2nc(-c3cccc(C(=O)NCCO)c3)ccc2n1. The van der Waals surface area contributed by atoms with Gasteiger partial charge >= 0.3 is 0 Å². The molecule has 1 amide bonds. The molecule has 4 rings (SSSR count). The number of nitrogens with zero attached hydrogens (tertiary/aromatic N) is 3. The van der Waals surface area contributed by atoms with Gasteiger partial charge in [0.2, 0.25) is 5.95 Å². The van der Waals surface area contributed by atoms with E-state index in [9.17, 15) is 4.79 Å². The predicted molar refractivity (Wildman–Crippen MR) is 112 cm³/mol. The Balaban J connectivity index is 1.80. The zero-order valence-electron chi connectivity index (χ0n) is 15.5. The maximum Gasteiger partial charge on any atom is 0.251 e. The second-order valence-electron chi connectivity index (χ2n) is 6.42. The number of aromatic nitrogens is 3. The minimum atomic E-state index is -0.247. The first-order valence-electron chi connectivity index (χ1n) is 9.15. The Morgan fingerprint density at radius 1 is 0.931 bits per heavy atom. The molecule has 0 aliphatic rings. The number of benzene rings is 2. The Morgan fingerprint density at radius 2 is 1.72 bits per heavy atom. The first kappa shape index (κ1) is 18.5. The third-order valence-electron chi connectivity index (χ3n) is 4.42. The van der Waals surface area contributed by atoms with Crippen molar-refractivity contribution in [3.05, 3.63) is 72.3 Å². The fraction of sp³-hybridized carbons (Fsp3) is 0.0909. The van der Waals surface area contributed by atoms with Crippen LogP contribution in [0, 0.1) is 0 Å². The molecule has 29 heavy (non-hydrogen) atoms. The van der Waals surface area contributed by atoms with E-state index in [1.807, 2.05) is 48.5 Å². The highest BCUT2D eigenvalue weighted by molar-refractivity contribution is 5.96. The number of hydrogen-bond acceptors (Lipinski definition) is 6. The molecule has 2 aromatic heterocycles. The quantitative estimate of drug-likeness (QED) is 0.487. The first-order chi connectivity index (χ1) is 14.2. The summed E-state index contributed by atoms with van der Waals surface area (Å²) in [6.45, 7) is 0.0968. The third kappa shape index (κ3) is 3.90. The highest BCUT2D eigenvalue weighted by Gasteiger charge is 2.13. The van der Waals surface area contributed by atoms with Gasteiger partial charge in [-0.05, 0) is 24.3 Å². The number of amides is 1. The molecule has 0 fully saturated rings. The van der Waals surface area contributed by atoms with Gasteiger partial charge in [0.25, 0.3) is 5.91 Å². The second kappa shape index (κ2) is 8.04. The van der Waals surface area contributed by atoms with Crippen LogP contribution < -0.4 is 11.1 Å². The number of nitrogens with one attached hydrogen (secondary N) is 1. The minimum Gasteiger partial charge on any atom is -0.395 e. The molecule has 0 saturated heterocycles. The summed E-state index contributed by atoms with van der Waals surface area (Å²) in [6, 6.07) is 20.5. The van der Waals surface area contributed by atoms with Crippen LogP contribution in [0.15, 0.2) is 66.7 Å². The van der Waals surface area contributed by atoms with Crippen LogP contribution in [0.4, 0.5) is 5.95 Å². The van der Waals surface area contributed by atoms with Crippen molar-refractivity contribution < 1.29 is 9.90 Å². The number of pyridine rings is 1. The van der Waals surface area contributed by atoms with Gasteiger partial charge < -0.3 is 16.2 Å². The molecule has 0 bridgehead atoms. The lowest BCUT2D eigenvalue weighted by Crippen LogP contribution is -2.26. The first-order valence-corrected chi connectivity index (χ1v) is 9.15. The number of rotatable bonds is 5. The molecular formula is C22H19N5O2. The fourth-order valence-corrected chi connectivity index (χ4v) is 3.08. The summed E-state index contributed by atoms with van der Waals surface area (Å²) >= 11 is 0. The van der Waals surface area contributed by atoms with E-state index in [0.29, 0.717) is 28.0 Å². The highest BCUT2D eigenvalue weighted by atomic mass is 16.3. The van der Waals surface area contributed by atoms with Crippen molar-refractivity contribution in [1.29, 1.82) is 0 Å². The third-order valence-corrected chi connectivity index (χ3v) is 4.42. The molecule has 0 aliphatic heterocycles. The van der Waals surface area contributed by atoms with E-state index < -0.39 is 0 Å². The molecule has 4 N–H and O–H groups in total. The molecule has 0 unspecified atom stereocenters. The average molecular weight is 385 g/mol. The van der Waals surface area contributed by atoms with Crippen LogP contribution in [-0.2, 0) is 0 Å². The summed E-state index contributed by atoms with van der Waals surface area (Å²) in [4.78, 5) is 25.7. The van der Waals surface area contributed by atoms with Crippen molar-refractivity contribution in [2.45, 2.75) is 0 Å². The van der Waals surface area contributed by atoms with Crippen molar-refractivity contribution in [2.75, 3.05) is 18.9 Å². The van der Waals surface area contributed by atoms with Crippen LogP contribution in [0.5, 0.6) is 0 Å². The number of aliphatic hydroxyl groups excluding tert-OH is 1. The largest absolute Gasteiger partial charge is 0.395 e. The van der Waals surface area contributed by atoms with Gasteiger partial charge in [0.1, 0.15) is 11.2 Å². The van der Waals surface area contributed by atoms with Crippen molar-refractivity contribution in [1.82, 2.24) is 20.3 Å². The van der Waals surface area contributed by atoms with Gasteiger partial charge in [-0.15, -0.1) is 0 Å². The lowest BCUT2D eigenvalue weighted by atomic mass is 10.1. The van der Waals surface area contributed by atoms with Crippen LogP contribution >= 0.6 is 0 Å². The van der Waals surface area contributed by atoms with Crippen LogP contribution in [-0.4, -0.2) is 39.1 Å². The number of carbonyl (C=O) groups excluding carboxylic acids is 1. The summed E-state index contributed by atoms with van der Waals surface area (Å²) in [5.41, 5.74) is 10.7. The van der Waals surface area contributed by atoms with Crippen molar-refractivity contribution >= 4 is 22.9 Å². The van der Waals surface area contributed by atoms with Gasteiger partial charge in [0.15, 0.2) is 0 Å². The minimum absolute atomic E-state index is 0.108. The number of anilines is 1. The molecule has 0 atom stereocenters. The predicted octanol–water partition coefficient (Wildman–Crippen LogP) is 2.66. The zero-order chi connectivity index (χ0) is 20.2. The Morgan fingerprint density at radius 3 is 2.52 bits per heavy atom. The lowest BCUT2D eigenvalue weighted by molar-refractivity contribution is 0.0945. The van der Waals surface area contributed by atoms with Crippen molar-refractivity contribution in [3.8, 4) is 22.5 Å². The maximum absolute atomic E-state index is 12.2. The average Bonchev–Trinajstić information content (AvgIpc) is 2.77. The van der Waals surface area contributed by atoms with E-state index in [4.69, 9.17) is 15.8 Å². The Labute approximate surface area is 167 Å². The van der Waals surface area contributed by atoms with E-state index in [1.165, 1.54) is 0 Å². The van der Waals surface area contributed by atoms with E-state index in [1.54, 1.807) is 18.2 Å². The van der Waals surface area contributed by atoms with E-state index in [-0.39, 0.29) is 25.0 Å². The number of carbonyl (C=O) groups is 1. The Bertz CT molecular complexity index is 1180. The maximum atomic E-state index is 12.2. The summed E-state index contributed by atoms with van der Waals surface area (Å²) in [5, 5.41) is 11.5. The number of nitrogens with two attached hydrogens (primary N) is 1. The monoisotopic (exact) mass is 385 g/mol. The zero-order valence-corrected chi connectivity index (χ0v) is 15.5. The summed E-state index contributed by atoms with van der Waals surface area (Å²) in [5.74, 6) is -0.0591. The molecule has 0 spiro atoms. The van der Waals surface area contributed by atoms with Gasteiger partial charge in [0, 0.05) is 23.2 Å². The normalized spacial score (nSPS) is 10.8. The molecule has 7 nitrogen and oxygen atoms in total. The van der Waals surface area contributed by atoms with Gasteiger partial charge in [-0.25, -0.2) is 15.0 Å². The topological polar surface area (TPSA) is 114 Å². The van der Waals surface area contributed by atoms with E-state index >= 15 is 0 Å². The summed E-state index contributed by atoms with van der Waals surface area (Å²) in [6.07, 6.45) is 0. The Hall–Kier alpha value is -3.84. The fourth-order valence-electron chi connectivity index (χ4n) is 3.08. The molecular weight excluding hydrogens is 366 g/mol. The molecule has 144 valence electrons. The number of nitrogen functional groups attached to an aromatic ring is 1. The highest BCUT2D eigenvalue weighted by Crippen LogP contribution is 2.28. The molecule has 0 radical (unpaired) electrons. The molecule has 7 heteroatoms. The van der Waals surface area contributed by atoms with Crippen LogP contribution in [0.1, 0.15) is 10.4 Å². The summed E-state index contributed by atoms with van der Waals surface area (Å²) in [7, 11) is 0. The smallest absolute Gasteiger partial charge is 0.251 e. The Kier molecular flexibility index (Phi) is 5.13. The van der Waals surface area contributed by atoms with Crippen LogP contribution in [0.2, 0.25) is 0 Å². The number of aliphatic hydroxyl groups is 1. The van der Waals surface area contributed by atoms with Gasteiger partial charge in [-0.1, -0.05) is 42.5 Å². The lowest BCUT2D eigenvalue weighted by Gasteiger charge is -2.09. The van der Waals surface area contributed by atoms with Crippen LogP contribution in [0.3, 0.4) is 0 Å². The van der Waals surface area contributed by atoms with E-state index in [0.717, 1.165) is 11.1 Å². The van der Waals surface area contributed by atoms with Crippen LogP contribution in [0.25, 0.3) is 33.5 Å².